The van der Waals surface area contributed by atoms with Gasteiger partial charge in [0.2, 0.25) is 0 Å². The highest BCUT2D eigenvalue weighted by atomic mass is 19.1. The number of esters is 1. The average molecular weight is 284 g/mol. The van der Waals surface area contributed by atoms with Crippen LogP contribution in [-0.2, 0) is 11.2 Å². The number of ether oxygens (including phenoxy) is 1. The van der Waals surface area contributed by atoms with E-state index in [0.29, 0.717) is 17.5 Å². The van der Waals surface area contributed by atoms with Crippen molar-refractivity contribution < 1.29 is 13.9 Å². The molecule has 0 spiro atoms. The molecule has 4 nitrogen and oxygen atoms in total. The van der Waals surface area contributed by atoms with Gasteiger partial charge in [0.15, 0.2) is 5.82 Å². The van der Waals surface area contributed by atoms with Gasteiger partial charge in [-0.2, -0.15) is 0 Å². The molecule has 0 saturated heterocycles. The van der Waals surface area contributed by atoms with Crippen LogP contribution < -0.4 is 0 Å². The van der Waals surface area contributed by atoms with Crippen molar-refractivity contribution in [1.29, 1.82) is 0 Å². The fourth-order valence-electron chi connectivity index (χ4n) is 2.35. The van der Waals surface area contributed by atoms with Crippen molar-refractivity contribution in [3.63, 3.8) is 0 Å². The van der Waals surface area contributed by atoms with Crippen LogP contribution in [0, 0.1) is 5.82 Å². The van der Waals surface area contributed by atoms with Crippen molar-refractivity contribution in [1.82, 2.24) is 9.97 Å². The molecule has 0 aliphatic carbocycles. The molecule has 3 aromatic rings. The van der Waals surface area contributed by atoms with Gasteiger partial charge in [0, 0.05) is 12.0 Å². The molecule has 1 heterocycles. The first-order valence-electron chi connectivity index (χ1n) is 6.47. The van der Waals surface area contributed by atoms with Gasteiger partial charge >= 0.3 is 5.97 Å². The predicted molar refractivity (Wildman–Crippen MR) is 76.6 cm³/mol. The minimum absolute atomic E-state index is 0.218. The molecule has 0 atom stereocenters. The number of hydrogen-bond donors (Lipinski definition) is 1. The van der Waals surface area contributed by atoms with E-state index in [1.807, 2.05) is 30.3 Å². The molecule has 5 heteroatoms. The van der Waals surface area contributed by atoms with Gasteiger partial charge in [0.1, 0.15) is 5.52 Å². The Morgan fingerprint density at radius 2 is 2.10 bits per heavy atom. The quantitative estimate of drug-likeness (QED) is 0.752. The maximum atomic E-state index is 14.7. The molecule has 0 aliphatic heterocycles. The third kappa shape index (κ3) is 2.38. The fraction of sp³-hybridized carbons (Fsp3) is 0.125. The predicted octanol–water partition coefficient (Wildman–Crippen LogP) is 3.08. The van der Waals surface area contributed by atoms with Crippen LogP contribution in [0.5, 0.6) is 0 Å². The van der Waals surface area contributed by atoms with Gasteiger partial charge in [-0.3, -0.25) is 0 Å². The van der Waals surface area contributed by atoms with Crippen molar-refractivity contribution >= 4 is 17.0 Å². The van der Waals surface area contributed by atoms with Gasteiger partial charge in [-0.15, -0.1) is 0 Å². The minimum Gasteiger partial charge on any atom is -0.465 e. The maximum Gasteiger partial charge on any atom is 0.338 e. The van der Waals surface area contributed by atoms with E-state index in [4.69, 9.17) is 4.74 Å². The summed E-state index contributed by atoms with van der Waals surface area (Å²) in [6.07, 6.45) is 1.71. The Morgan fingerprint density at radius 3 is 2.81 bits per heavy atom. The van der Waals surface area contributed by atoms with Crippen LogP contribution in [0.1, 0.15) is 21.5 Å². The first kappa shape index (κ1) is 13.3. The SMILES string of the molecule is COC(=O)c1cc2[nH]cnc2c(F)c1Cc1ccccc1. The number of H-pyrrole nitrogens is 1. The van der Waals surface area contributed by atoms with E-state index in [1.54, 1.807) is 6.07 Å². The first-order valence-corrected chi connectivity index (χ1v) is 6.47. The Labute approximate surface area is 120 Å². The van der Waals surface area contributed by atoms with Gasteiger partial charge in [0.25, 0.3) is 0 Å². The molecule has 21 heavy (non-hydrogen) atoms. The molecular formula is C16H13FN2O2. The number of methoxy groups -OCH3 is 1. The standard InChI is InChI=1S/C16H13FN2O2/c1-21-16(20)12-8-13-15(19-9-18-13)14(17)11(12)7-10-5-3-2-4-6-10/h2-6,8-9H,7H2,1H3,(H,18,19). The number of nitrogens with one attached hydrogen (secondary N) is 1. The van der Waals surface area contributed by atoms with Crippen molar-refractivity contribution in [3.8, 4) is 0 Å². The summed E-state index contributed by atoms with van der Waals surface area (Å²) in [5, 5.41) is 0. The average Bonchev–Trinajstić information content (AvgIpc) is 2.99. The topological polar surface area (TPSA) is 55.0 Å². The Morgan fingerprint density at radius 1 is 1.33 bits per heavy atom. The monoisotopic (exact) mass is 284 g/mol. The van der Waals surface area contributed by atoms with E-state index in [1.165, 1.54) is 13.4 Å². The number of aromatic nitrogens is 2. The summed E-state index contributed by atoms with van der Waals surface area (Å²) in [6.45, 7) is 0. The van der Waals surface area contributed by atoms with Gasteiger partial charge in [-0.1, -0.05) is 30.3 Å². The Kier molecular flexibility index (Phi) is 3.39. The molecule has 0 unspecified atom stereocenters. The summed E-state index contributed by atoms with van der Waals surface area (Å²) in [6, 6.07) is 11.0. The van der Waals surface area contributed by atoms with E-state index in [2.05, 4.69) is 9.97 Å². The highest BCUT2D eigenvalue weighted by Gasteiger charge is 2.20. The largest absolute Gasteiger partial charge is 0.465 e. The lowest BCUT2D eigenvalue weighted by atomic mass is 9.98. The van der Waals surface area contributed by atoms with Crippen molar-refractivity contribution in [2.75, 3.05) is 7.11 Å². The molecular weight excluding hydrogens is 271 g/mol. The molecule has 0 radical (unpaired) electrons. The van der Waals surface area contributed by atoms with Gasteiger partial charge < -0.3 is 9.72 Å². The molecule has 1 aromatic heterocycles. The van der Waals surface area contributed by atoms with Gasteiger partial charge in [-0.05, 0) is 11.6 Å². The number of carbonyl (C=O) groups excluding carboxylic acids is 1. The maximum absolute atomic E-state index is 14.7. The van der Waals surface area contributed by atoms with Gasteiger partial charge in [-0.25, -0.2) is 14.2 Å². The second-order valence-electron chi connectivity index (χ2n) is 4.67. The molecule has 0 amide bonds. The highest BCUT2D eigenvalue weighted by Crippen LogP contribution is 2.25. The lowest BCUT2D eigenvalue weighted by Crippen LogP contribution is -2.09. The smallest absolute Gasteiger partial charge is 0.338 e. The number of hydrogen-bond acceptors (Lipinski definition) is 3. The number of aromatic amines is 1. The number of rotatable bonds is 3. The summed E-state index contributed by atoms with van der Waals surface area (Å²) in [5.41, 5.74) is 2.14. The summed E-state index contributed by atoms with van der Waals surface area (Å²) >= 11 is 0. The number of carbonyl (C=O) groups is 1. The molecule has 0 fully saturated rings. The van der Waals surface area contributed by atoms with E-state index < -0.39 is 11.8 Å². The number of nitrogens with zero attached hydrogens (tertiary/aromatic N) is 1. The van der Waals surface area contributed by atoms with Crippen molar-refractivity contribution in [2.45, 2.75) is 6.42 Å². The summed E-state index contributed by atoms with van der Waals surface area (Å²) in [4.78, 5) is 18.7. The van der Waals surface area contributed by atoms with Crippen LogP contribution in [0.4, 0.5) is 4.39 Å². The zero-order valence-corrected chi connectivity index (χ0v) is 11.4. The van der Waals surface area contributed by atoms with Gasteiger partial charge in [0.05, 0.1) is 24.5 Å². The van der Waals surface area contributed by atoms with Crippen molar-refractivity contribution in [3.05, 3.63) is 65.2 Å². The third-order valence-corrected chi connectivity index (χ3v) is 3.38. The third-order valence-electron chi connectivity index (χ3n) is 3.38. The fourth-order valence-corrected chi connectivity index (χ4v) is 2.35. The first-order chi connectivity index (χ1) is 10.2. The van der Waals surface area contributed by atoms with Crippen LogP contribution in [0.25, 0.3) is 11.0 Å². The lowest BCUT2D eigenvalue weighted by Gasteiger charge is -2.10. The van der Waals surface area contributed by atoms with E-state index >= 15 is 0 Å². The summed E-state index contributed by atoms with van der Waals surface area (Å²) in [7, 11) is 1.28. The Bertz CT molecular complexity index is 797. The summed E-state index contributed by atoms with van der Waals surface area (Å²) in [5.74, 6) is -1.05. The second kappa shape index (κ2) is 5.36. The lowest BCUT2D eigenvalue weighted by molar-refractivity contribution is 0.0599. The molecule has 2 aromatic carbocycles. The number of halogens is 1. The molecule has 3 rings (SSSR count). The Hall–Kier alpha value is -2.69. The molecule has 1 N–H and O–H groups in total. The number of benzene rings is 2. The highest BCUT2D eigenvalue weighted by molar-refractivity contribution is 5.95. The van der Waals surface area contributed by atoms with Crippen LogP contribution in [0.15, 0.2) is 42.7 Å². The molecule has 0 aliphatic rings. The van der Waals surface area contributed by atoms with E-state index in [0.717, 1.165) is 5.56 Å². The minimum atomic E-state index is -0.559. The molecule has 0 saturated carbocycles. The molecule has 106 valence electrons. The number of fused-ring (bicyclic) bond motifs is 1. The van der Waals surface area contributed by atoms with Crippen LogP contribution in [0.2, 0.25) is 0 Å². The van der Waals surface area contributed by atoms with Crippen LogP contribution in [-0.4, -0.2) is 23.0 Å². The molecule has 0 bridgehead atoms. The van der Waals surface area contributed by atoms with Crippen LogP contribution >= 0.6 is 0 Å². The number of imidazole rings is 1. The second-order valence-corrected chi connectivity index (χ2v) is 4.67. The normalized spacial score (nSPS) is 10.8. The zero-order valence-electron chi connectivity index (χ0n) is 11.4. The summed E-state index contributed by atoms with van der Waals surface area (Å²) < 4.78 is 19.4. The van der Waals surface area contributed by atoms with Crippen LogP contribution in [0.3, 0.4) is 0 Å². The van der Waals surface area contributed by atoms with Crippen molar-refractivity contribution in [2.24, 2.45) is 0 Å². The zero-order chi connectivity index (χ0) is 14.8. The van der Waals surface area contributed by atoms with E-state index in [-0.39, 0.29) is 11.1 Å². The van der Waals surface area contributed by atoms with E-state index in [9.17, 15) is 9.18 Å². The Balaban J connectivity index is 2.18.